The largest absolute Gasteiger partial charge is 0.480 e. The first-order valence-corrected chi connectivity index (χ1v) is 5.07. The van der Waals surface area contributed by atoms with E-state index in [9.17, 15) is 9.59 Å². The first kappa shape index (κ1) is 13.2. The van der Waals surface area contributed by atoms with E-state index in [4.69, 9.17) is 5.11 Å². The number of carboxylic acid groups (broad SMARTS) is 1. The fourth-order valence-corrected chi connectivity index (χ4v) is 1.22. The molecule has 1 heterocycles. The Bertz CT molecular complexity index is 375. The Morgan fingerprint density at radius 2 is 2.12 bits per heavy atom. The fourth-order valence-electron chi connectivity index (χ4n) is 1.22. The monoisotopic (exact) mass is 241 g/mol. The van der Waals surface area contributed by atoms with Gasteiger partial charge in [0.15, 0.2) is 5.69 Å². The summed E-state index contributed by atoms with van der Waals surface area (Å²) < 4.78 is 4.56. The van der Waals surface area contributed by atoms with Gasteiger partial charge in [0, 0.05) is 19.2 Å². The Morgan fingerprint density at radius 3 is 2.59 bits per heavy atom. The maximum atomic E-state index is 11.9. The third kappa shape index (κ3) is 4.23. The highest BCUT2D eigenvalue weighted by atomic mass is 16.5. The lowest BCUT2D eigenvalue weighted by Gasteiger charge is -2.21. The quantitative estimate of drug-likeness (QED) is 0.739. The number of hydrogen-bond donors (Lipinski definition) is 1. The van der Waals surface area contributed by atoms with Gasteiger partial charge in [-0.15, -0.1) is 0 Å². The van der Waals surface area contributed by atoms with Gasteiger partial charge in [-0.25, -0.2) is 0 Å². The molecule has 0 radical (unpaired) electrons. The molecule has 17 heavy (non-hydrogen) atoms. The lowest BCUT2D eigenvalue weighted by atomic mass is 10.3. The van der Waals surface area contributed by atoms with Crippen LogP contribution < -0.4 is 0 Å². The van der Waals surface area contributed by atoms with Gasteiger partial charge < -0.3 is 19.4 Å². The molecule has 1 rings (SSSR count). The number of amides is 1. The number of carbonyl (C=O) groups excluding carboxylic acids is 1. The molecule has 94 valence electrons. The maximum Gasteiger partial charge on any atom is 0.323 e. The Morgan fingerprint density at radius 1 is 1.41 bits per heavy atom. The van der Waals surface area contributed by atoms with Crippen LogP contribution in [0.4, 0.5) is 0 Å². The van der Waals surface area contributed by atoms with Crippen molar-refractivity contribution in [2.45, 2.75) is 0 Å². The highest BCUT2D eigenvalue weighted by Gasteiger charge is 2.20. The number of aromatic nitrogens is 1. The summed E-state index contributed by atoms with van der Waals surface area (Å²) in [6, 6.07) is 1.41. The minimum Gasteiger partial charge on any atom is -0.480 e. The van der Waals surface area contributed by atoms with Crippen molar-refractivity contribution in [2.24, 2.45) is 0 Å². The molecule has 0 spiro atoms. The molecule has 0 aliphatic rings. The summed E-state index contributed by atoms with van der Waals surface area (Å²) in [5, 5.41) is 12.2. The van der Waals surface area contributed by atoms with E-state index in [0.717, 1.165) is 0 Å². The summed E-state index contributed by atoms with van der Waals surface area (Å²) >= 11 is 0. The number of nitrogens with zero attached hydrogens (tertiary/aromatic N) is 3. The van der Waals surface area contributed by atoms with Gasteiger partial charge in [0.1, 0.15) is 12.8 Å². The van der Waals surface area contributed by atoms with Crippen molar-refractivity contribution in [3.8, 4) is 0 Å². The standard InChI is InChI=1S/C10H15N3O4/c1-12(2)4-5-13(7-9(14)15)10(16)8-3-6-17-11-8/h3,6H,4-5,7H2,1-2H3,(H,14,15). The summed E-state index contributed by atoms with van der Waals surface area (Å²) in [6.45, 7) is 0.557. The molecule has 0 aliphatic carbocycles. The average Bonchev–Trinajstić information content (AvgIpc) is 2.75. The minimum absolute atomic E-state index is 0.116. The number of carboxylic acids is 1. The Kier molecular flexibility index (Phi) is 4.65. The Balaban J connectivity index is 2.68. The van der Waals surface area contributed by atoms with Crippen LogP contribution >= 0.6 is 0 Å². The van der Waals surface area contributed by atoms with Crippen LogP contribution in [0, 0.1) is 0 Å². The molecular weight excluding hydrogens is 226 g/mol. The van der Waals surface area contributed by atoms with E-state index in [-0.39, 0.29) is 12.2 Å². The molecular formula is C10H15N3O4. The van der Waals surface area contributed by atoms with E-state index in [1.165, 1.54) is 17.2 Å². The summed E-state index contributed by atoms with van der Waals surface area (Å²) in [7, 11) is 3.69. The molecule has 0 aromatic carbocycles. The van der Waals surface area contributed by atoms with E-state index in [1.807, 2.05) is 19.0 Å². The third-order valence-electron chi connectivity index (χ3n) is 2.09. The van der Waals surface area contributed by atoms with Crippen molar-refractivity contribution < 1.29 is 19.2 Å². The second kappa shape index (κ2) is 6.00. The van der Waals surface area contributed by atoms with E-state index in [0.29, 0.717) is 13.1 Å². The Hall–Kier alpha value is -1.89. The lowest BCUT2D eigenvalue weighted by molar-refractivity contribution is -0.137. The van der Waals surface area contributed by atoms with Crippen molar-refractivity contribution in [1.82, 2.24) is 15.0 Å². The van der Waals surface area contributed by atoms with Gasteiger partial charge in [0.25, 0.3) is 5.91 Å². The predicted octanol–water partition coefficient (Wildman–Crippen LogP) is -0.237. The molecule has 0 atom stereocenters. The number of carbonyl (C=O) groups is 2. The second-order valence-corrected chi connectivity index (χ2v) is 3.81. The number of hydrogen-bond acceptors (Lipinski definition) is 5. The molecule has 1 N–H and O–H groups in total. The molecule has 0 fully saturated rings. The normalized spacial score (nSPS) is 10.5. The van der Waals surface area contributed by atoms with Crippen molar-refractivity contribution in [3.05, 3.63) is 18.0 Å². The number of rotatable bonds is 6. The number of likely N-dealkylation sites (N-methyl/N-ethyl adjacent to an activating group) is 1. The van der Waals surface area contributed by atoms with Crippen molar-refractivity contribution in [1.29, 1.82) is 0 Å². The maximum absolute atomic E-state index is 11.9. The van der Waals surface area contributed by atoms with Crippen LogP contribution in [0.25, 0.3) is 0 Å². The lowest BCUT2D eigenvalue weighted by Crippen LogP contribution is -2.40. The van der Waals surface area contributed by atoms with Gasteiger partial charge in [0.2, 0.25) is 0 Å². The van der Waals surface area contributed by atoms with Crippen LogP contribution in [-0.4, -0.2) is 65.7 Å². The van der Waals surface area contributed by atoms with E-state index < -0.39 is 11.9 Å². The van der Waals surface area contributed by atoms with E-state index >= 15 is 0 Å². The summed E-state index contributed by atoms with van der Waals surface area (Å²) in [5.41, 5.74) is 0.116. The SMILES string of the molecule is CN(C)CCN(CC(=O)O)C(=O)c1ccon1. The van der Waals surface area contributed by atoms with Crippen LogP contribution in [0.2, 0.25) is 0 Å². The van der Waals surface area contributed by atoms with E-state index in [1.54, 1.807) is 0 Å². The highest BCUT2D eigenvalue weighted by molar-refractivity contribution is 5.93. The van der Waals surface area contributed by atoms with Gasteiger partial charge in [0.05, 0.1) is 0 Å². The summed E-state index contributed by atoms with van der Waals surface area (Å²) in [5.74, 6) is -1.50. The highest BCUT2D eigenvalue weighted by Crippen LogP contribution is 2.02. The zero-order valence-electron chi connectivity index (χ0n) is 9.79. The molecule has 0 saturated heterocycles. The van der Waals surface area contributed by atoms with Crippen LogP contribution in [0.1, 0.15) is 10.5 Å². The van der Waals surface area contributed by atoms with Gasteiger partial charge in [-0.3, -0.25) is 9.59 Å². The molecule has 7 heteroatoms. The zero-order valence-corrected chi connectivity index (χ0v) is 9.79. The van der Waals surface area contributed by atoms with Gasteiger partial charge in [-0.2, -0.15) is 0 Å². The summed E-state index contributed by atoms with van der Waals surface area (Å²) in [6.07, 6.45) is 1.28. The van der Waals surface area contributed by atoms with Crippen LogP contribution in [-0.2, 0) is 4.79 Å². The first-order chi connectivity index (χ1) is 8.00. The molecule has 0 unspecified atom stereocenters. The fraction of sp³-hybridized carbons (Fsp3) is 0.500. The molecule has 0 bridgehead atoms. The van der Waals surface area contributed by atoms with Gasteiger partial charge in [-0.1, -0.05) is 5.16 Å². The molecule has 0 aliphatic heterocycles. The Labute approximate surface area is 98.6 Å². The van der Waals surface area contributed by atoms with Crippen molar-refractivity contribution >= 4 is 11.9 Å². The van der Waals surface area contributed by atoms with Crippen LogP contribution in [0.15, 0.2) is 16.9 Å². The second-order valence-electron chi connectivity index (χ2n) is 3.81. The van der Waals surface area contributed by atoms with Crippen LogP contribution in [0.5, 0.6) is 0 Å². The molecule has 0 saturated carbocycles. The zero-order chi connectivity index (χ0) is 12.8. The third-order valence-corrected chi connectivity index (χ3v) is 2.09. The van der Waals surface area contributed by atoms with Gasteiger partial charge >= 0.3 is 5.97 Å². The average molecular weight is 241 g/mol. The smallest absolute Gasteiger partial charge is 0.323 e. The van der Waals surface area contributed by atoms with Crippen LogP contribution in [0.3, 0.4) is 0 Å². The first-order valence-electron chi connectivity index (χ1n) is 5.07. The molecule has 1 aromatic heterocycles. The molecule has 1 aromatic rings. The predicted molar refractivity (Wildman–Crippen MR) is 58.6 cm³/mol. The van der Waals surface area contributed by atoms with E-state index in [2.05, 4.69) is 9.68 Å². The molecule has 7 nitrogen and oxygen atoms in total. The van der Waals surface area contributed by atoms with Crippen molar-refractivity contribution in [2.75, 3.05) is 33.7 Å². The topological polar surface area (TPSA) is 86.9 Å². The van der Waals surface area contributed by atoms with Crippen molar-refractivity contribution in [3.63, 3.8) is 0 Å². The summed E-state index contributed by atoms with van der Waals surface area (Å²) in [4.78, 5) is 25.6. The minimum atomic E-state index is -1.05. The number of aliphatic carboxylic acids is 1. The molecule has 1 amide bonds. The van der Waals surface area contributed by atoms with Gasteiger partial charge in [-0.05, 0) is 14.1 Å².